The van der Waals surface area contributed by atoms with Crippen molar-refractivity contribution >= 4 is 23.6 Å². The minimum atomic E-state index is -0.595. The Balaban J connectivity index is 1.85. The van der Waals surface area contributed by atoms with Crippen LogP contribution in [0.25, 0.3) is 0 Å². The van der Waals surface area contributed by atoms with E-state index < -0.39 is 23.5 Å². The molecular formula is C25H33N3O6. The number of rotatable bonds is 9. The molecule has 0 radical (unpaired) electrons. The number of anilines is 1. The number of methoxy groups -OCH3 is 1. The van der Waals surface area contributed by atoms with Crippen LogP contribution in [0, 0.1) is 0 Å². The predicted molar refractivity (Wildman–Crippen MR) is 129 cm³/mol. The largest absolute Gasteiger partial charge is 0.493 e. The molecule has 3 N–H and O–H groups in total. The summed E-state index contributed by atoms with van der Waals surface area (Å²) in [5, 5.41) is 2.63. The molecule has 0 saturated carbocycles. The zero-order valence-corrected chi connectivity index (χ0v) is 20.3. The van der Waals surface area contributed by atoms with E-state index >= 15 is 0 Å². The van der Waals surface area contributed by atoms with E-state index in [1.54, 1.807) is 63.2 Å². The summed E-state index contributed by atoms with van der Waals surface area (Å²) in [6.45, 7) is 7.97. The molecule has 2 aromatic rings. The maximum Gasteiger partial charge on any atom is 0.412 e. The predicted octanol–water partition coefficient (Wildman–Crippen LogP) is 4.22. The average molecular weight is 472 g/mol. The molecule has 34 heavy (non-hydrogen) atoms. The molecule has 0 aromatic heterocycles. The molecule has 0 aliphatic heterocycles. The first kappa shape index (κ1) is 26.5. The van der Waals surface area contributed by atoms with Gasteiger partial charge in [0.05, 0.1) is 20.1 Å². The van der Waals surface area contributed by atoms with E-state index in [1.165, 1.54) is 7.11 Å². The summed E-state index contributed by atoms with van der Waals surface area (Å²) in [5.41, 5.74) is 5.76. The van der Waals surface area contributed by atoms with Crippen molar-refractivity contribution in [2.45, 2.75) is 52.6 Å². The van der Waals surface area contributed by atoms with E-state index in [4.69, 9.17) is 14.2 Å². The molecule has 184 valence electrons. The number of carbonyl (C=O) groups is 3. The van der Waals surface area contributed by atoms with Gasteiger partial charge in [-0.05, 0) is 63.1 Å². The van der Waals surface area contributed by atoms with Gasteiger partial charge in [-0.2, -0.15) is 0 Å². The number of unbranched alkanes of at least 4 members (excludes halogenated alkanes) is 1. The number of carbonyl (C=O) groups excluding carboxylic acids is 3. The Bertz CT molecular complexity index is 983. The standard InChI is InChI=1S/C25H33N3O6/c1-6-7-14-33-20-13-10-18(16-21(20)32-5)23(30)28-27-22(29)15-17-8-11-19(12-9-17)26-24(31)34-25(2,3)4/h8-13,16H,6-7,14-15H2,1-5H3,(H,26,31)(H,27,29)(H,28,30). The SMILES string of the molecule is CCCCOc1ccc(C(=O)NNC(=O)Cc2ccc(NC(=O)OC(C)(C)C)cc2)cc1OC. The molecule has 2 aromatic carbocycles. The monoisotopic (exact) mass is 471 g/mol. The molecule has 0 saturated heterocycles. The van der Waals surface area contributed by atoms with Gasteiger partial charge in [-0.25, -0.2) is 4.79 Å². The summed E-state index contributed by atoms with van der Waals surface area (Å²) >= 11 is 0. The fraction of sp³-hybridized carbons (Fsp3) is 0.400. The van der Waals surface area contributed by atoms with Crippen molar-refractivity contribution in [2.24, 2.45) is 0 Å². The average Bonchev–Trinajstić information content (AvgIpc) is 2.77. The molecule has 2 rings (SSSR count). The molecule has 0 heterocycles. The fourth-order valence-electron chi connectivity index (χ4n) is 2.81. The van der Waals surface area contributed by atoms with Crippen molar-refractivity contribution in [2.75, 3.05) is 19.0 Å². The molecule has 0 fully saturated rings. The van der Waals surface area contributed by atoms with Crippen LogP contribution in [0.5, 0.6) is 11.5 Å². The fourth-order valence-corrected chi connectivity index (χ4v) is 2.81. The lowest BCUT2D eigenvalue weighted by atomic mass is 10.1. The van der Waals surface area contributed by atoms with E-state index in [2.05, 4.69) is 23.1 Å². The van der Waals surface area contributed by atoms with Gasteiger partial charge in [0, 0.05) is 11.3 Å². The molecule has 9 heteroatoms. The highest BCUT2D eigenvalue weighted by Gasteiger charge is 2.16. The Morgan fingerprint density at radius 3 is 2.26 bits per heavy atom. The van der Waals surface area contributed by atoms with Crippen molar-refractivity contribution in [3.05, 3.63) is 53.6 Å². The molecule has 0 spiro atoms. The highest BCUT2D eigenvalue weighted by atomic mass is 16.6. The van der Waals surface area contributed by atoms with Crippen LogP contribution in [-0.4, -0.2) is 37.2 Å². The Kier molecular flexibility index (Phi) is 9.73. The Morgan fingerprint density at radius 1 is 0.941 bits per heavy atom. The molecule has 0 aliphatic rings. The lowest BCUT2D eigenvalue weighted by Crippen LogP contribution is -2.42. The summed E-state index contributed by atoms with van der Waals surface area (Å²) in [5.74, 6) is 0.118. The zero-order chi connectivity index (χ0) is 25.1. The van der Waals surface area contributed by atoms with Gasteiger partial charge in [-0.1, -0.05) is 25.5 Å². The van der Waals surface area contributed by atoms with Gasteiger partial charge >= 0.3 is 6.09 Å². The molecular weight excluding hydrogens is 438 g/mol. The molecule has 0 atom stereocenters. The first-order chi connectivity index (χ1) is 16.1. The van der Waals surface area contributed by atoms with Crippen LogP contribution in [-0.2, 0) is 16.0 Å². The second-order valence-corrected chi connectivity index (χ2v) is 8.57. The quantitative estimate of drug-likeness (QED) is 0.373. The highest BCUT2D eigenvalue weighted by molar-refractivity contribution is 5.96. The number of hydrazine groups is 1. The second kappa shape index (κ2) is 12.5. The van der Waals surface area contributed by atoms with E-state index in [1.807, 2.05) is 0 Å². The second-order valence-electron chi connectivity index (χ2n) is 8.57. The maximum absolute atomic E-state index is 12.4. The van der Waals surface area contributed by atoms with Gasteiger partial charge in [0.2, 0.25) is 5.91 Å². The molecule has 9 nitrogen and oxygen atoms in total. The van der Waals surface area contributed by atoms with Crippen molar-refractivity contribution in [3.63, 3.8) is 0 Å². The number of nitrogens with one attached hydrogen (secondary N) is 3. The van der Waals surface area contributed by atoms with Gasteiger partial charge in [-0.3, -0.25) is 25.8 Å². The smallest absolute Gasteiger partial charge is 0.412 e. The van der Waals surface area contributed by atoms with Crippen molar-refractivity contribution in [1.82, 2.24) is 10.9 Å². The summed E-state index contributed by atoms with van der Waals surface area (Å²) in [6.07, 6.45) is 1.41. The molecule has 0 bridgehead atoms. The van der Waals surface area contributed by atoms with Crippen LogP contribution in [0.1, 0.15) is 56.5 Å². The van der Waals surface area contributed by atoms with Gasteiger partial charge in [-0.15, -0.1) is 0 Å². The van der Waals surface area contributed by atoms with Gasteiger partial charge in [0.1, 0.15) is 5.60 Å². The summed E-state index contributed by atoms with van der Waals surface area (Å²) < 4.78 is 16.2. The molecule has 0 unspecified atom stereocenters. The van der Waals surface area contributed by atoms with E-state index in [0.717, 1.165) is 12.8 Å². The summed E-state index contributed by atoms with van der Waals surface area (Å²) in [7, 11) is 1.50. The van der Waals surface area contributed by atoms with Gasteiger partial charge in [0.25, 0.3) is 5.91 Å². The maximum atomic E-state index is 12.4. The Labute approximate surface area is 200 Å². The third-order valence-corrected chi connectivity index (χ3v) is 4.46. The third-order valence-electron chi connectivity index (χ3n) is 4.46. The lowest BCUT2D eigenvalue weighted by molar-refractivity contribution is -0.121. The molecule has 3 amide bonds. The zero-order valence-electron chi connectivity index (χ0n) is 20.3. The lowest BCUT2D eigenvalue weighted by Gasteiger charge is -2.19. The number of hydrogen-bond acceptors (Lipinski definition) is 6. The highest BCUT2D eigenvalue weighted by Crippen LogP contribution is 2.28. The Morgan fingerprint density at radius 2 is 1.65 bits per heavy atom. The van der Waals surface area contributed by atoms with Crippen molar-refractivity contribution in [3.8, 4) is 11.5 Å². The van der Waals surface area contributed by atoms with Crippen LogP contribution in [0.15, 0.2) is 42.5 Å². The molecule has 0 aliphatic carbocycles. The number of amides is 3. The summed E-state index contributed by atoms with van der Waals surface area (Å²) in [6, 6.07) is 11.6. The van der Waals surface area contributed by atoms with Crippen LogP contribution < -0.4 is 25.6 Å². The first-order valence-electron chi connectivity index (χ1n) is 11.1. The van der Waals surface area contributed by atoms with Crippen LogP contribution >= 0.6 is 0 Å². The van der Waals surface area contributed by atoms with E-state index in [9.17, 15) is 14.4 Å². The number of benzene rings is 2. The minimum Gasteiger partial charge on any atom is -0.493 e. The minimum absolute atomic E-state index is 0.0422. The van der Waals surface area contributed by atoms with Crippen LogP contribution in [0.2, 0.25) is 0 Å². The third kappa shape index (κ3) is 9.01. The number of hydrogen-bond donors (Lipinski definition) is 3. The first-order valence-corrected chi connectivity index (χ1v) is 11.1. The number of ether oxygens (including phenoxy) is 3. The Hall–Kier alpha value is -3.75. The van der Waals surface area contributed by atoms with E-state index in [-0.39, 0.29) is 6.42 Å². The van der Waals surface area contributed by atoms with Crippen molar-refractivity contribution in [1.29, 1.82) is 0 Å². The van der Waals surface area contributed by atoms with Crippen molar-refractivity contribution < 1.29 is 28.6 Å². The van der Waals surface area contributed by atoms with Crippen LogP contribution in [0.3, 0.4) is 0 Å². The van der Waals surface area contributed by atoms with Crippen LogP contribution in [0.4, 0.5) is 10.5 Å². The summed E-state index contributed by atoms with van der Waals surface area (Å²) in [4.78, 5) is 36.5. The topological polar surface area (TPSA) is 115 Å². The van der Waals surface area contributed by atoms with Gasteiger partial charge < -0.3 is 14.2 Å². The van der Waals surface area contributed by atoms with E-state index in [0.29, 0.717) is 34.9 Å². The van der Waals surface area contributed by atoms with Gasteiger partial charge in [0.15, 0.2) is 11.5 Å². The normalized spacial score (nSPS) is 10.7.